The van der Waals surface area contributed by atoms with Crippen molar-refractivity contribution in [3.05, 3.63) is 24.3 Å². The molecule has 0 bridgehead atoms. The first-order valence-electron chi connectivity index (χ1n) is 18.8. The summed E-state index contributed by atoms with van der Waals surface area (Å²) < 4.78 is 0. The number of allylic oxidation sites excluding steroid dienone is 4. The van der Waals surface area contributed by atoms with Crippen LogP contribution in [0.15, 0.2) is 24.3 Å². The monoisotopic (exact) mass is 593 g/mol. The van der Waals surface area contributed by atoms with Crippen molar-refractivity contribution in [3.63, 3.8) is 0 Å². The molecule has 0 spiro atoms. The molecule has 0 aromatic carbocycles. The maximum absolute atomic E-state index is 10.1. The molecule has 250 valence electrons. The van der Waals surface area contributed by atoms with Gasteiger partial charge in [0.1, 0.15) is 0 Å². The molecule has 0 fully saturated rings. The Morgan fingerprint density at radius 3 is 0.857 bits per heavy atom. The van der Waals surface area contributed by atoms with E-state index in [2.05, 4.69) is 38.2 Å². The van der Waals surface area contributed by atoms with Gasteiger partial charge in [-0.25, -0.2) is 0 Å². The molecule has 0 saturated heterocycles. The van der Waals surface area contributed by atoms with Crippen molar-refractivity contribution in [1.29, 1.82) is 0 Å². The van der Waals surface area contributed by atoms with Crippen molar-refractivity contribution in [3.8, 4) is 0 Å². The molecule has 0 heterocycles. The molecule has 0 radical (unpaired) electrons. The van der Waals surface area contributed by atoms with Gasteiger partial charge in [-0.15, -0.1) is 0 Å². The lowest BCUT2D eigenvalue weighted by Gasteiger charge is -2.37. The molecule has 0 rings (SSSR count). The third kappa shape index (κ3) is 26.9. The number of rotatable bonds is 33. The molecule has 0 aliphatic heterocycles. The van der Waals surface area contributed by atoms with Gasteiger partial charge in [0.15, 0.2) is 0 Å². The summed E-state index contributed by atoms with van der Waals surface area (Å²) in [6.45, 7) is 6.39. The molecule has 42 heavy (non-hydrogen) atoms. The lowest BCUT2D eigenvalue weighted by molar-refractivity contribution is -0.374. The highest BCUT2D eigenvalue weighted by molar-refractivity contribution is 4.83. The fraction of sp³-hybridized carbons (Fsp3) is 0.897. The zero-order chi connectivity index (χ0) is 31.0. The Kier molecular flexibility index (Phi) is 29.9. The third-order valence-electron chi connectivity index (χ3n) is 9.29. The molecule has 0 atom stereocenters. The molecule has 0 aliphatic carbocycles. The van der Waals surface area contributed by atoms with Crippen LogP contribution in [0.25, 0.3) is 0 Å². The van der Waals surface area contributed by atoms with E-state index < -0.39 is 11.4 Å². The standard InChI is InChI=1S/C39H76O3/c1-4-6-8-10-12-14-16-18-20-22-24-26-28-30-32-34-36-38(3,39(40,41)42)37-35-33-31-29-27-25-23-21-19-17-15-13-11-9-7-5-2/h18-21,40-42H,4-17,22-37H2,1-3H3/b20-18-,21-19-. The van der Waals surface area contributed by atoms with Crippen LogP contribution in [0.4, 0.5) is 0 Å². The molecule has 3 nitrogen and oxygen atoms in total. The van der Waals surface area contributed by atoms with Gasteiger partial charge in [-0.3, -0.25) is 0 Å². The quantitative estimate of drug-likeness (QED) is 0.0403. The van der Waals surface area contributed by atoms with Crippen molar-refractivity contribution in [2.24, 2.45) is 5.41 Å². The SMILES string of the molecule is CCCCCCCC/C=C\CCCCCCCCC(C)(CCCCCCCC/C=C\CCCCCCCC)C(O)(O)O. The molecular weight excluding hydrogens is 516 g/mol. The zero-order valence-electron chi connectivity index (χ0n) is 28.9. The summed E-state index contributed by atoms with van der Waals surface area (Å²) in [6.07, 6.45) is 46.3. The summed E-state index contributed by atoms with van der Waals surface area (Å²) in [5.41, 5.74) is -0.839. The molecule has 0 unspecified atom stereocenters. The predicted octanol–water partition coefficient (Wildman–Crippen LogP) is 12.5. The average Bonchev–Trinajstić information content (AvgIpc) is 2.96. The Hall–Kier alpha value is -0.640. The summed E-state index contributed by atoms with van der Waals surface area (Å²) in [6, 6.07) is 0. The number of unbranched alkanes of at least 4 members (excludes halogenated alkanes) is 24. The van der Waals surface area contributed by atoms with E-state index in [4.69, 9.17) is 0 Å². The van der Waals surface area contributed by atoms with Crippen molar-refractivity contribution in [2.75, 3.05) is 0 Å². The molecule has 3 heteroatoms. The fourth-order valence-electron chi connectivity index (χ4n) is 5.99. The smallest absolute Gasteiger partial charge is 0.280 e. The van der Waals surface area contributed by atoms with Gasteiger partial charge in [-0.2, -0.15) is 0 Å². The van der Waals surface area contributed by atoms with Crippen molar-refractivity contribution >= 4 is 0 Å². The first kappa shape index (κ1) is 41.4. The van der Waals surface area contributed by atoms with Gasteiger partial charge in [0.05, 0.1) is 0 Å². The Morgan fingerprint density at radius 2 is 0.595 bits per heavy atom. The highest BCUT2D eigenvalue weighted by atomic mass is 16.7. The summed E-state index contributed by atoms with van der Waals surface area (Å²) in [5, 5.41) is 30.3. The van der Waals surface area contributed by atoms with Crippen molar-refractivity contribution < 1.29 is 15.3 Å². The second-order valence-corrected chi connectivity index (χ2v) is 13.6. The molecule has 0 saturated carbocycles. The van der Waals surface area contributed by atoms with Crippen molar-refractivity contribution in [1.82, 2.24) is 0 Å². The Bertz CT molecular complexity index is 547. The molecule has 3 N–H and O–H groups in total. The number of hydrogen-bond acceptors (Lipinski definition) is 3. The van der Waals surface area contributed by atoms with E-state index in [1.165, 1.54) is 154 Å². The minimum atomic E-state index is -2.59. The van der Waals surface area contributed by atoms with Gasteiger partial charge in [0, 0.05) is 5.41 Å². The van der Waals surface area contributed by atoms with Gasteiger partial charge < -0.3 is 15.3 Å². The van der Waals surface area contributed by atoms with E-state index in [9.17, 15) is 15.3 Å². The van der Waals surface area contributed by atoms with Gasteiger partial charge >= 0.3 is 0 Å². The van der Waals surface area contributed by atoms with E-state index in [1.807, 2.05) is 6.92 Å². The Morgan fingerprint density at radius 1 is 0.357 bits per heavy atom. The lowest BCUT2D eigenvalue weighted by Crippen LogP contribution is -2.46. The van der Waals surface area contributed by atoms with Crippen LogP contribution < -0.4 is 0 Å². The summed E-state index contributed by atoms with van der Waals surface area (Å²) in [4.78, 5) is 0. The van der Waals surface area contributed by atoms with Crippen LogP contribution in [0.1, 0.15) is 213 Å². The second-order valence-electron chi connectivity index (χ2n) is 13.6. The maximum atomic E-state index is 10.1. The van der Waals surface area contributed by atoms with Gasteiger partial charge in [-0.1, -0.05) is 173 Å². The highest BCUT2D eigenvalue weighted by Crippen LogP contribution is 2.39. The maximum Gasteiger partial charge on any atom is 0.280 e. The van der Waals surface area contributed by atoms with E-state index >= 15 is 0 Å². The minimum Gasteiger partial charge on any atom is -0.343 e. The van der Waals surface area contributed by atoms with Crippen LogP contribution in [0.5, 0.6) is 0 Å². The first-order valence-corrected chi connectivity index (χ1v) is 18.8. The summed E-state index contributed by atoms with van der Waals surface area (Å²) in [7, 11) is 0. The minimum absolute atomic E-state index is 0.669. The zero-order valence-corrected chi connectivity index (χ0v) is 28.9. The Labute approximate surface area is 264 Å². The predicted molar refractivity (Wildman–Crippen MR) is 186 cm³/mol. The highest BCUT2D eigenvalue weighted by Gasteiger charge is 2.43. The molecule has 0 aromatic rings. The Balaban J connectivity index is 3.73. The fourth-order valence-corrected chi connectivity index (χ4v) is 5.99. The van der Waals surface area contributed by atoms with Gasteiger partial charge in [0.25, 0.3) is 5.97 Å². The molecule has 0 aromatic heterocycles. The normalized spacial score (nSPS) is 12.8. The summed E-state index contributed by atoms with van der Waals surface area (Å²) >= 11 is 0. The largest absolute Gasteiger partial charge is 0.343 e. The van der Waals surface area contributed by atoms with E-state index in [0.717, 1.165) is 25.7 Å². The average molecular weight is 593 g/mol. The van der Waals surface area contributed by atoms with Crippen LogP contribution in [0.3, 0.4) is 0 Å². The van der Waals surface area contributed by atoms with Crippen LogP contribution in [0, 0.1) is 5.41 Å². The van der Waals surface area contributed by atoms with Crippen LogP contribution >= 0.6 is 0 Å². The summed E-state index contributed by atoms with van der Waals surface area (Å²) in [5.74, 6) is -2.59. The second kappa shape index (κ2) is 30.4. The van der Waals surface area contributed by atoms with E-state index in [1.54, 1.807) is 0 Å². The van der Waals surface area contributed by atoms with Gasteiger partial charge in [-0.05, 0) is 64.2 Å². The van der Waals surface area contributed by atoms with Gasteiger partial charge in [0.2, 0.25) is 0 Å². The molecule has 0 aliphatic rings. The van der Waals surface area contributed by atoms with E-state index in [-0.39, 0.29) is 0 Å². The molecule has 0 amide bonds. The van der Waals surface area contributed by atoms with Crippen LogP contribution in [0.2, 0.25) is 0 Å². The lowest BCUT2D eigenvalue weighted by atomic mass is 9.77. The third-order valence-corrected chi connectivity index (χ3v) is 9.29. The number of hydrogen-bond donors (Lipinski definition) is 3. The van der Waals surface area contributed by atoms with Crippen molar-refractivity contribution in [2.45, 2.75) is 219 Å². The van der Waals surface area contributed by atoms with E-state index in [0.29, 0.717) is 12.8 Å². The topological polar surface area (TPSA) is 60.7 Å². The van der Waals surface area contributed by atoms with Crippen LogP contribution in [-0.4, -0.2) is 21.3 Å². The first-order chi connectivity index (χ1) is 20.4. The van der Waals surface area contributed by atoms with Crippen LogP contribution in [-0.2, 0) is 0 Å². The number of aliphatic hydroxyl groups is 3. The molecular formula is C39H76O3.